The van der Waals surface area contributed by atoms with Crippen LogP contribution in [0.1, 0.15) is 98.3 Å². The first-order chi connectivity index (χ1) is 14.2. The number of hydrogen-bond donors (Lipinski definition) is 3. The number of aliphatic hydroxyl groups is 3. The molecule has 0 aromatic carbocycles. The zero-order valence-electron chi connectivity index (χ0n) is 20.0. The molecule has 4 saturated carbocycles. The second-order valence-electron chi connectivity index (χ2n) is 12.7. The van der Waals surface area contributed by atoms with E-state index in [0.717, 1.165) is 48.9 Å². The van der Waals surface area contributed by atoms with Crippen LogP contribution in [0.5, 0.6) is 0 Å². The highest BCUT2D eigenvalue weighted by Crippen LogP contribution is 2.68. The molecule has 0 aromatic rings. The fourth-order valence-electron chi connectivity index (χ4n) is 9.33. The topological polar surface area (TPSA) is 60.7 Å². The van der Waals surface area contributed by atoms with Crippen molar-refractivity contribution in [1.29, 1.82) is 0 Å². The molecule has 0 aliphatic heterocycles. The Balaban J connectivity index is 1.45. The molecule has 30 heavy (non-hydrogen) atoms. The van der Waals surface area contributed by atoms with Gasteiger partial charge in [0, 0.05) is 6.61 Å². The molecule has 11 atom stereocenters. The highest BCUT2D eigenvalue weighted by atomic mass is 16.3. The summed E-state index contributed by atoms with van der Waals surface area (Å²) < 4.78 is 0. The first-order valence-electron chi connectivity index (χ1n) is 13.2. The van der Waals surface area contributed by atoms with E-state index in [1.54, 1.807) is 0 Å². The van der Waals surface area contributed by atoms with Gasteiger partial charge in [-0.3, -0.25) is 0 Å². The van der Waals surface area contributed by atoms with Crippen molar-refractivity contribution >= 4 is 0 Å². The predicted molar refractivity (Wildman–Crippen MR) is 122 cm³/mol. The van der Waals surface area contributed by atoms with Gasteiger partial charge in [0.15, 0.2) is 0 Å². The predicted octanol–water partition coefficient (Wildman–Crippen LogP) is 5.41. The van der Waals surface area contributed by atoms with Crippen molar-refractivity contribution in [1.82, 2.24) is 0 Å². The highest BCUT2D eigenvalue weighted by Gasteiger charge is 2.61. The van der Waals surface area contributed by atoms with Gasteiger partial charge in [-0.05, 0) is 110 Å². The molecule has 4 aliphatic rings. The Morgan fingerprint density at radius 1 is 0.867 bits per heavy atom. The molecule has 0 saturated heterocycles. The van der Waals surface area contributed by atoms with Crippen LogP contribution < -0.4 is 0 Å². The quantitative estimate of drug-likeness (QED) is 0.538. The van der Waals surface area contributed by atoms with E-state index < -0.39 is 12.2 Å². The van der Waals surface area contributed by atoms with Crippen LogP contribution in [0.25, 0.3) is 0 Å². The Morgan fingerprint density at radius 3 is 2.33 bits per heavy atom. The summed E-state index contributed by atoms with van der Waals surface area (Å²) in [6.45, 7) is 10.1. The van der Waals surface area contributed by atoms with Crippen molar-refractivity contribution in [3.05, 3.63) is 0 Å². The lowest BCUT2D eigenvalue weighted by Gasteiger charge is -2.61. The summed E-state index contributed by atoms with van der Waals surface area (Å²) in [7, 11) is 0. The summed E-state index contributed by atoms with van der Waals surface area (Å²) in [5, 5.41) is 30.1. The monoisotopic (exact) mass is 420 g/mol. The van der Waals surface area contributed by atoms with Crippen LogP contribution in [0.4, 0.5) is 0 Å². The average molecular weight is 421 g/mol. The summed E-state index contributed by atoms with van der Waals surface area (Å²) in [6.07, 6.45) is 12.5. The van der Waals surface area contributed by atoms with Crippen molar-refractivity contribution in [2.24, 2.45) is 52.3 Å². The van der Waals surface area contributed by atoms with E-state index in [0.29, 0.717) is 23.9 Å². The van der Waals surface area contributed by atoms with Crippen LogP contribution in [-0.2, 0) is 0 Å². The van der Waals surface area contributed by atoms with Gasteiger partial charge in [-0.15, -0.1) is 0 Å². The fourth-order valence-corrected chi connectivity index (χ4v) is 9.33. The van der Waals surface area contributed by atoms with E-state index in [2.05, 4.69) is 27.7 Å². The van der Waals surface area contributed by atoms with Gasteiger partial charge in [0.2, 0.25) is 0 Å². The normalized spacial score (nSPS) is 50.3. The Bertz CT molecular complexity index is 593. The lowest BCUT2D eigenvalue weighted by molar-refractivity contribution is -0.160. The average Bonchev–Trinajstić information content (AvgIpc) is 3.06. The number of aliphatic hydroxyl groups excluding tert-OH is 3. The molecule has 0 heterocycles. The summed E-state index contributed by atoms with van der Waals surface area (Å²) in [6, 6.07) is 0. The van der Waals surface area contributed by atoms with Crippen LogP contribution in [0.2, 0.25) is 0 Å². The largest absolute Gasteiger partial charge is 0.396 e. The van der Waals surface area contributed by atoms with Gasteiger partial charge in [0.25, 0.3) is 0 Å². The minimum Gasteiger partial charge on any atom is -0.396 e. The Hall–Kier alpha value is -0.120. The molecule has 3 nitrogen and oxygen atoms in total. The Labute approximate surface area is 185 Å². The van der Waals surface area contributed by atoms with Gasteiger partial charge in [0.1, 0.15) is 0 Å². The zero-order chi connectivity index (χ0) is 21.7. The first kappa shape index (κ1) is 23.1. The van der Waals surface area contributed by atoms with Crippen LogP contribution in [-0.4, -0.2) is 34.1 Å². The molecular weight excluding hydrogens is 372 g/mol. The van der Waals surface area contributed by atoms with Crippen LogP contribution in [0.15, 0.2) is 0 Å². The summed E-state index contributed by atoms with van der Waals surface area (Å²) in [5.41, 5.74) is 0.728. The van der Waals surface area contributed by atoms with Gasteiger partial charge in [-0.2, -0.15) is 0 Å². The maximum Gasteiger partial charge on any atom is 0.0804 e. The lowest BCUT2D eigenvalue weighted by atomic mass is 9.44. The lowest BCUT2D eigenvalue weighted by Crippen LogP contribution is -2.56. The number of fused-ring (bicyclic) bond motifs is 5. The molecule has 4 fully saturated rings. The van der Waals surface area contributed by atoms with E-state index in [9.17, 15) is 15.3 Å². The molecule has 4 aliphatic carbocycles. The summed E-state index contributed by atoms with van der Waals surface area (Å²) in [4.78, 5) is 0. The van der Waals surface area contributed by atoms with Crippen LogP contribution in [0.3, 0.4) is 0 Å². The van der Waals surface area contributed by atoms with Crippen molar-refractivity contribution in [2.45, 2.75) is 111 Å². The first-order valence-corrected chi connectivity index (χ1v) is 13.2. The summed E-state index contributed by atoms with van der Waals surface area (Å²) in [5.74, 6) is 5.14. The minimum atomic E-state index is -0.518. The van der Waals surface area contributed by atoms with Gasteiger partial charge in [-0.25, -0.2) is 0 Å². The molecule has 3 heteroatoms. The highest BCUT2D eigenvalue weighted by molar-refractivity contribution is 5.10. The second kappa shape index (κ2) is 8.67. The second-order valence-corrected chi connectivity index (χ2v) is 12.7. The maximum absolute atomic E-state index is 10.5. The van der Waals surface area contributed by atoms with Gasteiger partial charge < -0.3 is 15.3 Å². The zero-order valence-corrected chi connectivity index (χ0v) is 20.0. The van der Waals surface area contributed by atoms with E-state index >= 15 is 0 Å². The van der Waals surface area contributed by atoms with E-state index in [-0.39, 0.29) is 5.41 Å². The maximum atomic E-state index is 10.5. The van der Waals surface area contributed by atoms with Crippen molar-refractivity contribution < 1.29 is 15.3 Å². The van der Waals surface area contributed by atoms with E-state index in [1.807, 2.05) is 0 Å². The molecule has 174 valence electrons. The molecular formula is C27H48O3. The van der Waals surface area contributed by atoms with Crippen LogP contribution >= 0.6 is 0 Å². The smallest absolute Gasteiger partial charge is 0.0804 e. The third-order valence-corrected chi connectivity index (χ3v) is 11.1. The molecule has 0 amide bonds. The Kier molecular flexibility index (Phi) is 6.66. The third-order valence-electron chi connectivity index (χ3n) is 11.1. The molecule has 3 N–H and O–H groups in total. The molecule has 0 bridgehead atoms. The molecule has 7 unspecified atom stereocenters. The summed E-state index contributed by atoms with van der Waals surface area (Å²) >= 11 is 0. The fraction of sp³-hybridized carbons (Fsp3) is 1.00. The third kappa shape index (κ3) is 3.79. The Morgan fingerprint density at radius 2 is 1.60 bits per heavy atom. The van der Waals surface area contributed by atoms with Gasteiger partial charge in [0.05, 0.1) is 12.2 Å². The van der Waals surface area contributed by atoms with Crippen LogP contribution in [0, 0.1) is 52.3 Å². The van der Waals surface area contributed by atoms with Crippen molar-refractivity contribution in [3.8, 4) is 0 Å². The van der Waals surface area contributed by atoms with E-state index in [4.69, 9.17) is 0 Å². The van der Waals surface area contributed by atoms with Crippen molar-refractivity contribution in [3.63, 3.8) is 0 Å². The standard InChI is InChI=1S/C27H48O3/c1-17(16-28)6-5-7-18(2)21-10-11-22-20-9-8-19-14-24(29)25(30)15-27(19,4)23(20)12-13-26(21,22)3/h17-25,28-30H,5-16H2,1-4H3/t17?,18?,19?,20?,21?,22?,23?,24-,25-,26+,27-/m0/s1. The van der Waals surface area contributed by atoms with E-state index in [1.165, 1.54) is 51.4 Å². The molecule has 0 aromatic heterocycles. The molecule has 4 rings (SSSR count). The molecule has 0 spiro atoms. The number of rotatable bonds is 6. The van der Waals surface area contributed by atoms with Gasteiger partial charge >= 0.3 is 0 Å². The number of hydrogen-bond acceptors (Lipinski definition) is 3. The minimum absolute atomic E-state index is 0.229. The van der Waals surface area contributed by atoms with Gasteiger partial charge in [-0.1, -0.05) is 40.5 Å². The van der Waals surface area contributed by atoms with Crippen molar-refractivity contribution in [2.75, 3.05) is 6.61 Å². The molecule has 0 radical (unpaired) electrons. The SMILES string of the molecule is CC(CO)CCCC(C)C1CCC2C3CCC4C[C@H](O)[C@@H](O)C[C@]4(C)C3CC[C@]12C.